The maximum Gasteiger partial charge on any atom is 0.407 e. The maximum atomic E-state index is 2.54. The van der Waals surface area contributed by atoms with E-state index in [2.05, 4.69) is 191 Å². The number of hydrogen-bond donors (Lipinski definition) is 0. The van der Waals surface area contributed by atoms with Crippen LogP contribution in [0, 0.1) is 0 Å². The normalized spacial score (nSPS) is 12.0. The lowest BCUT2D eigenvalue weighted by Crippen LogP contribution is -2.44. The van der Waals surface area contributed by atoms with E-state index in [0.717, 1.165) is 6.16 Å². The molecule has 6 aromatic rings. The average molecular weight is 600 g/mol. The molecule has 2 heteroatoms. The van der Waals surface area contributed by atoms with Crippen LogP contribution in [0.15, 0.2) is 169 Å². The minimum absolute atomic E-state index is 0.343. The van der Waals surface area contributed by atoms with Crippen LogP contribution in [0.1, 0.15) is 19.4 Å². The molecule has 0 aliphatic heterocycles. The van der Waals surface area contributed by atoms with Crippen molar-refractivity contribution < 1.29 is 0 Å². The molecule has 0 saturated carbocycles. The van der Waals surface area contributed by atoms with E-state index in [1.807, 2.05) is 0 Å². The first-order valence-corrected chi connectivity index (χ1v) is 18.8. The lowest BCUT2D eigenvalue weighted by atomic mass is 9.61. The van der Waals surface area contributed by atoms with Gasteiger partial charge in [-0.2, -0.15) is 0 Å². The minimum Gasteiger partial charge on any atom is -0.0627 e. The van der Waals surface area contributed by atoms with Gasteiger partial charge in [0, 0.05) is 13.3 Å². The summed E-state index contributed by atoms with van der Waals surface area (Å²) in [4.78, 5) is 0. The summed E-state index contributed by atoms with van der Waals surface area (Å²) in [5, 5.41) is 0. The van der Waals surface area contributed by atoms with E-state index >= 15 is 0 Å². The van der Waals surface area contributed by atoms with Gasteiger partial charge in [0.05, 0.1) is 6.16 Å². The molecule has 0 aliphatic rings. The van der Waals surface area contributed by atoms with Crippen LogP contribution in [-0.2, 0) is 0 Å². The first-order valence-electron chi connectivity index (χ1n) is 15.8. The minimum atomic E-state index is -1.52. The quantitative estimate of drug-likeness (QED) is 0.115. The van der Waals surface area contributed by atoms with Gasteiger partial charge in [0.15, 0.2) is 0 Å². The predicted octanol–water partition coefficient (Wildman–Crippen LogP) is 10.6. The summed E-state index contributed by atoms with van der Waals surface area (Å²) in [5.74, 6) is 0. The smallest absolute Gasteiger partial charge is 0.0627 e. The fourth-order valence-electron chi connectivity index (χ4n) is 6.59. The van der Waals surface area contributed by atoms with E-state index in [1.165, 1.54) is 61.0 Å². The number of benzene rings is 6. The summed E-state index contributed by atoms with van der Waals surface area (Å²) in [7, 11) is -1.52. The van der Waals surface area contributed by atoms with Crippen LogP contribution in [0.25, 0.3) is 39.0 Å². The van der Waals surface area contributed by atoms with Crippen molar-refractivity contribution in [1.82, 2.24) is 0 Å². The molecule has 45 heavy (non-hydrogen) atoms. The van der Waals surface area contributed by atoms with Gasteiger partial charge in [0.25, 0.3) is 0 Å². The Morgan fingerprint density at radius 2 is 0.733 bits per heavy atom. The van der Waals surface area contributed by atoms with Gasteiger partial charge in [-0.25, -0.2) is 0 Å². The monoisotopic (exact) mass is 599 g/mol. The average Bonchev–Trinajstić information content (AvgIpc) is 3.09. The van der Waals surface area contributed by atoms with Crippen molar-refractivity contribution in [2.75, 3.05) is 19.5 Å². The first-order chi connectivity index (χ1) is 21.9. The second-order valence-corrected chi connectivity index (χ2v) is 17.1. The van der Waals surface area contributed by atoms with Crippen molar-refractivity contribution in [1.29, 1.82) is 0 Å². The third kappa shape index (κ3) is 7.11. The largest absolute Gasteiger partial charge is 0.407 e. The second-order valence-electron chi connectivity index (χ2n) is 12.7. The molecule has 6 aromatic carbocycles. The van der Waals surface area contributed by atoms with Crippen LogP contribution in [0.2, 0.25) is 0 Å². The molecule has 0 saturated heterocycles. The van der Waals surface area contributed by atoms with Crippen molar-refractivity contribution in [3.05, 3.63) is 175 Å². The van der Waals surface area contributed by atoms with Crippen LogP contribution in [0.3, 0.4) is 0 Å². The molecular formula is C43H41BP+. The molecular weight excluding hydrogens is 558 g/mol. The fourth-order valence-corrected chi connectivity index (χ4v) is 10.2. The van der Waals surface area contributed by atoms with Crippen LogP contribution in [0.5, 0.6) is 0 Å². The Labute approximate surface area is 270 Å². The summed E-state index contributed by atoms with van der Waals surface area (Å²) in [5.41, 5.74) is 14.5. The predicted molar refractivity (Wildman–Crippen MR) is 203 cm³/mol. The highest BCUT2D eigenvalue weighted by molar-refractivity contribution is 8.06. The molecule has 0 N–H and O–H groups in total. The second kappa shape index (κ2) is 13.7. The van der Waals surface area contributed by atoms with E-state index in [0.29, 0.717) is 6.43 Å². The van der Waals surface area contributed by atoms with E-state index in [9.17, 15) is 0 Å². The topological polar surface area (TPSA) is 0 Å². The molecule has 0 aliphatic carbocycles. The van der Waals surface area contributed by atoms with Crippen LogP contribution in [0.4, 0.5) is 0 Å². The highest BCUT2D eigenvalue weighted by Gasteiger charge is 2.44. The Morgan fingerprint density at radius 1 is 0.422 bits per heavy atom. The maximum absolute atomic E-state index is 2.54. The highest BCUT2D eigenvalue weighted by atomic mass is 31.2. The number of rotatable bonds is 9. The summed E-state index contributed by atoms with van der Waals surface area (Å²) in [6.45, 7) is 9.73. The summed E-state index contributed by atoms with van der Waals surface area (Å²) in [6, 6.07) is 59.8. The Kier molecular flexibility index (Phi) is 9.30. The number of allylic oxidation sites excluding steroid dienone is 2. The molecule has 0 radical (unpaired) electrons. The Balaban J connectivity index is 1.33. The first kappa shape index (κ1) is 30.6. The molecule has 0 amide bonds. The van der Waals surface area contributed by atoms with Gasteiger partial charge >= 0.3 is 6.43 Å². The zero-order chi connectivity index (χ0) is 31.2. The lowest BCUT2D eigenvalue weighted by Gasteiger charge is -2.27. The SMILES string of the molecule is C/C(C[P+](C)(C)B(c1ccc(-c2ccccc2)cc1)c1ccc(-c2ccccc2)cc1)=C(/C)c1ccc(-c2ccccc2)cc1. The molecule has 0 atom stereocenters. The van der Waals surface area contributed by atoms with Crippen LogP contribution < -0.4 is 10.9 Å². The molecule has 0 bridgehead atoms. The summed E-state index contributed by atoms with van der Waals surface area (Å²) in [6.07, 6.45) is 1.44. The van der Waals surface area contributed by atoms with Gasteiger partial charge in [-0.1, -0.05) is 164 Å². The highest BCUT2D eigenvalue weighted by Crippen LogP contribution is 2.55. The Hall–Kier alpha value is -4.45. The van der Waals surface area contributed by atoms with Crippen LogP contribution in [-0.4, -0.2) is 25.9 Å². The Bertz CT molecular complexity index is 1770. The van der Waals surface area contributed by atoms with E-state index in [-0.39, 0.29) is 0 Å². The van der Waals surface area contributed by atoms with E-state index < -0.39 is 7.14 Å². The zero-order valence-electron chi connectivity index (χ0n) is 26.8. The standard InChI is InChI=1S/C43H41BP/c1-33(34(2)35-20-22-39(23-21-35)36-14-8-5-9-15-36)32-45(3,4)44(42-28-24-40(25-29-42)37-16-10-6-11-17-37)43-30-26-41(27-31-43)38-18-12-7-13-19-38/h5-31H,32H2,1-4H3/q+1/b34-33+. The van der Waals surface area contributed by atoms with E-state index in [1.54, 1.807) is 0 Å². The van der Waals surface area contributed by atoms with Crippen molar-refractivity contribution in [3.63, 3.8) is 0 Å². The van der Waals surface area contributed by atoms with Crippen molar-refractivity contribution in [2.24, 2.45) is 0 Å². The summed E-state index contributed by atoms with van der Waals surface area (Å²) >= 11 is 0. The molecule has 0 fully saturated rings. The lowest BCUT2D eigenvalue weighted by molar-refractivity contribution is 1.36. The zero-order valence-corrected chi connectivity index (χ0v) is 27.7. The molecule has 220 valence electrons. The van der Waals surface area contributed by atoms with Gasteiger partial charge < -0.3 is 0 Å². The van der Waals surface area contributed by atoms with Gasteiger partial charge in [-0.15, -0.1) is 0 Å². The molecule has 6 rings (SSSR count). The molecule has 0 spiro atoms. The van der Waals surface area contributed by atoms with Gasteiger partial charge in [-0.05, 0) is 82.0 Å². The van der Waals surface area contributed by atoms with Crippen molar-refractivity contribution in [2.45, 2.75) is 13.8 Å². The third-order valence-electron chi connectivity index (χ3n) is 9.08. The fraction of sp³-hybridized carbons (Fsp3) is 0.116. The third-order valence-corrected chi connectivity index (χ3v) is 12.4. The van der Waals surface area contributed by atoms with Crippen molar-refractivity contribution in [3.8, 4) is 33.4 Å². The molecule has 0 unspecified atom stereocenters. The van der Waals surface area contributed by atoms with E-state index in [4.69, 9.17) is 0 Å². The molecule has 0 nitrogen and oxygen atoms in total. The molecule has 0 aromatic heterocycles. The van der Waals surface area contributed by atoms with Crippen molar-refractivity contribution >= 4 is 30.1 Å². The van der Waals surface area contributed by atoms with Gasteiger partial charge in [-0.3, -0.25) is 0 Å². The number of hydrogen-bond acceptors (Lipinski definition) is 0. The summed E-state index contributed by atoms with van der Waals surface area (Å²) < 4.78 is 0. The van der Waals surface area contributed by atoms with Gasteiger partial charge in [0.2, 0.25) is 0 Å². The van der Waals surface area contributed by atoms with Crippen LogP contribution >= 0.6 is 7.14 Å². The Morgan fingerprint density at radius 3 is 1.09 bits per heavy atom. The molecule has 0 heterocycles. The van der Waals surface area contributed by atoms with Gasteiger partial charge in [0.1, 0.15) is 0 Å².